The maximum atomic E-state index is 6.28. The normalized spacial score (nSPS) is 13.9. The number of ether oxygens (including phenoxy) is 1. The van der Waals surface area contributed by atoms with Crippen molar-refractivity contribution >= 4 is 10.8 Å². The van der Waals surface area contributed by atoms with E-state index in [2.05, 4.69) is 104 Å². The van der Waals surface area contributed by atoms with Gasteiger partial charge >= 0.3 is 0 Å². The van der Waals surface area contributed by atoms with Crippen molar-refractivity contribution in [1.82, 2.24) is 9.97 Å². The van der Waals surface area contributed by atoms with Crippen LogP contribution in [0.5, 0.6) is 11.5 Å². The molecular formula is C35H24N2O. The van der Waals surface area contributed by atoms with Crippen molar-refractivity contribution in [3.63, 3.8) is 0 Å². The summed E-state index contributed by atoms with van der Waals surface area (Å²) in [4.78, 5) is 9.78. The van der Waals surface area contributed by atoms with Crippen molar-refractivity contribution in [2.45, 2.75) is 19.3 Å². The third kappa shape index (κ3) is 2.90. The molecule has 1 aliphatic carbocycles. The Hall–Kier alpha value is -4.76. The Bertz CT molecular complexity index is 1920. The Morgan fingerprint density at radius 1 is 0.579 bits per heavy atom. The minimum Gasteiger partial charge on any atom is -0.456 e. The molecular weight excluding hydrogens is 464 g/mol. The number of para-hydroxylation sites is 1. The molecule has 0 fully saturated rings. The lowest BCUT2D eigenvalue weighted by Crippen LogP contribution is -2.15. The molecule has 0 bridgehead atoms. The Morgan fingerprint density at radius 3 is 2.26 bits per heavy atom. The predicted molar refractivity (Wildman–Crippen MR) is 153 cm³/mol. The van der Waals surface area contributed by atoms with Crippen LogP contribution in [-0.4, -0.2) is 9.97 Å². The number of benzene rings is 4. The highest BCUT2D eigenvalue weighted by atomic mass is 16.5. The number of hydrogen-bond donors (Lipinski definition) is 0. The van der Waals surface area contributed by atoms with Crippen molar-refractivity contribution in [2.24, 2.45) is 0 Å². The Balaban J connectivity index is 1.21. The first-order valence-corrected chi connectivity index (χ1v) is 13.0. The first-order chi connectivity index (χ1) is 18.6. The van der Waals surface area contributed by atoms with Crippen LogP contribution in [0.1, 0.15) is 25.0 Å². The zero-order valence-corrected chi connectivity index (χ0v) is 21.2. The van der Waals surface area contributed by atoms with Crippen molar-refractivity contribution < 1.29 is 4.74 Å². The van der Waals surface area contributed by atoms with Crippen LogP contribution in [0.25, 0.3) is 55.7 Å². The van der Waals surface area contributed by atoms with E-state index < -0.39 is 0 Å². The van der Waals surface area contributed by atoms with E-state index >= 15 is 0 Å². The van der Waals surface area contributed by atoms with E-state index in [9.17, 15) is 0 Å². The van der Waals surface area contributed by atoms with Crippen LogP contribution in [0, 0.1) is 0 Å². The summed E-state index contributed by atoms with van der Waals surface area (Å²) in [5.41, 5.74) is 11.2. The second kappa shape index (κ2) is 7.62. The summed E-state index contributed by atoms with van der Waals surface area (Å²) in [6, 6.07) is 36.3. The fraction of sp³-hybridized carbons (Fsp3) is 0.0857. The molecule has 3 heterocycles. The molecule has 2 aliphatic rings. The molecule has 0 radical (unpaired) electrons. The van der Waals surface area contributed by atoms with E-state index in [-0.39, 0.29) is 5.41 Å². The topological polar surface area (TPSA) is 35.0 Å². The summed E-state index contributed by atoms with van der Waals surface area (Å²) in [7, 11) is 0. The summed E-state index contributed by atoms with van der Waals surface area (Å²) in [6.07, 6.45) is 1.86. The van der Waals surface area contributed by atoms with Gasteiger partial charge in [0.15, 0.2) is 0 Å². The van der Waals surface area contributed by atoms with Gasteiger partial charge in [0.2, 0.25) is 0 Å². The van der Waals surface area contributed by atoms with Gasteiger partial charge in [0.05, 0.1) is 17.1 Å². The number of nitrogens with zero attached hydrogens (tertiary/aromatic N) is 2. The number of fused-ring (bicyclic) bond motifs is 5. The van der Waals surface area contributed by atoms with Gasteiger partial charge in [0, 0.05) is 28.1 Å². The molecule has 38 heavy (non-hydrogen) atoms. The molecule has 0 unspecified atom stereocenters. The molecule has 8 rings (SSSR count). The molecule has 4 aromatic carbocycles. The number of aromatic nitrogens is 2. The highest BCUT2D eigenvalue weighted by Crippen LogP contribution is 2.49. The van der Waals surface area contributed by atoms with Crippen LogP contribution < -0.4 is 4.74 Å². The lowest BCUT2D eigenvalue weighted by Gasteiger charge is -2.22. The lowest BCUT2D eigenvalue weighted by atomic mass is 9.83. The quantitative estimate of drug-likeness (QED) is 0.243. The summed E-state index contributed by atoms with van der Waals surface area (Å²) < 4.78 is 6.28. The molecule has 3 nitrogen and oxygen atoms in total. The first kappa shape index (κ1) is 21.3. The number of hydrogen-bond acceptors (Lipinski definition) is 3. The Kier molecular flexibility index (Phi) is 4.28. The highest BCUT2D eigenvalue weighted by molar-refractivity contribution is 6.09. The van der Waals surface area contributed by atoms with Gasteiger partial charge in [-0.15, -0.1) is 0 Å². The third-order valence-corrected chi connectivity index (χ3v) is 8.17. The van der Waals surface area contributed by atoms with Gasteiger partial charge in [-0.2, -0.15) is 0 Å². The summed E-state index contributed by atoms with van der Waals surface area (Å²) in [5.74, 6) is 1.82. The van der Waals surface area contributed by atoms with Crippen molar-refractivity contribution in [1.29, 1.82) is 0 Å². The Labute approximate surface area is 221 Å². The van der Waals surface area contributed by atoms with Crippen LogP contribution in [0.4, 0.5) is 0 Å². The van der Waals surface area contributed by atoms with Gasteiger partial charge in [-0.3, -0.25) is 4.98 Å². The zero-order valence-electron chi connectivity index (χ0n) is 21.2. The maximum absolute atomic E-state index is 6.28. The monoisotopic (exact) mass is 488 g/mol. The molecule has 3 heteroatoms. The summed E-state index contributed by atoms with van der Waals surface area (Å²) >= 11 is 0. The van der Waals surface area contributed by atoms with Gasteiger partial charge in [-0.05, 0) is 57.5 Å². The van der Waals surface area contributed by atoms with Crippen LogP contribution >= 0.6 is 0 Å². The lowest BCUT2D eigenvalue weighted by molar-refractivity contribution is 0.487. The summed E-state index contributed by atoms with van der Waals surface area (Å²) in [5, 5.41) is 2.37. The molecule has 2 aromatic heterocycles. The second-order valence-corrected chi connectivity index (χ2v) is 10.6. The van der Waals surface area contributed by atoms with Crippen molar-refractivity contribution in [3.05, 3.63) is 120 Å². The van der Waals surface area contributed by atoms with Crippen molar-refractivity contribution in [3.8, 4) is 56.4 Å². The van der Waals surface area contributed by atoms with E-state index in [0.29, 0.717) is 0 Å². The van der Waals surface area contributed by atoms with Crippen LogP contribution in [0.2, 0.25) is 0 Å². The predicted octanol–water partition coefficient (Wildman–Crippen LogP) is 9.04. The van der Waals surface area contributed by atoms with E-state index in [0.717, 1.165) is 39.7 Å². The largest absolute Gasteiger partial charge is 0.456 e. The van der Waals surface area contributed by atoms with Gasteiger partial charge < -0.3 is 4.74 Å². The highest BCUT2D eigenvalue weighted by Gasteiger charge is 2.37. The maximum Gasteiger partial charge on any atom is 0.135 e. The zero-order chi connectivity index (χ0) is 25.4. The average Bonchev–Trinajstić information content (AvgIpc) is 3.20. The van der Waals surface area contributed by atoms with E-state index in [1.165, 1.54) is 38.6 Å². The van der Waals surface area contributed by atoms with E-state index in [1.807, 2.05) is 24.4 Å². The van der Waals surface area contributed by atoms with Crippen molar-refractivity contribution in [2.75, 3.05) is 0 Å². The second-order valence-electron chi connectivity index (χ2n) is 10.6. The first-order valence-electron chi connectivity index (χ1n) is 13.0. The third-order valence-electron chi connectivity index (χ3n) is 8.17. The molecule has 0 N–H and O–H groups in total. The van der Waals surface area contributed by atoms with Gasteiger partial charge in [-0.1, -0.05) is 92.7 Å². The van der Waals surface area contributed by atoms with Crippen LogP contribution in [0.3, 0.4) is 0 Å². The average molecular weight is 489 g/mol. The smallest absolute Gasteiger partial charge is 0.135 e. The fourth-order valence-electron chi connectivity index (χ4n) is 6.20. The van der Waals surface area contributed by atoms with Gasteiger partial charge in [-0.25, -0.2) is 4.98 Å². The number of rotatable bonds is 2. The molecule has 0 saturated heterocycles. The summed E-state index contributed by atoms with van der Waals surface area (Å²) in [6.45, 7) is 4.50. The van der Waals surface area contributed by atoms with E-state index in [4.69, 9.17) is 9.72 Å². The van der Waals surface area contributed by atoms with Gasteiger partial charge in [0.25, 0.3) is 0 Å². The molecule has 180 valence electrons. The van der Waals surface area contributed by atoms with Crippen LogP contribution in [0.15, 0.2) is 109 Å². The molecule has 0 atom stereocenters. The molecule has 0 amide bonds. The minimum atomic E-state index is -0.0901. The van der Waals surface area contributed by atoms with E-state index in [1.54, 1.807) is 0 Å². The van der Waals surface area contributed by atoms with Crippen LogP contribution in [-0.2, 0) is 5.41 Å². The Morgan fingerprint density at radius 2 is 1.37 bits per heavy atom. The molecule has 0 spiro atoms. The fourth-order valence-corrected chi connectivity index (χ4v) is 6.20. The SMILES string of the molecule is CC1(C)c2cccnc2-c2nc(-c3ccc(-c4ccc5c6c(cccc46)-c4ccccc4O5)cc3)ccc21. The van der Waals surface area contributed by atoms with Gasteiger partial charge in [0.1, 0.15) is 11.5 Å². The minimum absolute atomic E-state index is 0.0901. The molecule has 1 aliphatic heterocycles. The standard InChI is InChI=1S/C35H24N2O/c1-35(2)27-10-6-20-36-33(27)34-28(35)17-18-29(37-34)22-14-12-21(13-15-22)23-16-19-31-32-25(23)8-5-9-26(32)24-7-3-4-11-30(24)38-31/h3-20H,1-2H3. The molecule has 0 saturated carbocycles. The number of pyridine rings is 2. The molecule has 6 aromatic rings.